The molecular weight excluding hydrogens is 455 g/mol. The number of likely N-dealkylation sites (tertiary alicyclic amines) is 1. The maximum atomic E-state index is 14.0. The van der Waals surface area contributed by atoms with Gasteiger partial charge in [-0.1, -0.05) is 5.16 Å². The number of carbonyl (C=O) groups excluding carboxylic acids is 1. The van der Waals surface area contributed by atoms with Crippen molar-refractivity contribution in [2.24, 2.45) is 5.73 Å². The van der Waals surface area contributed by atoms with E-state index in [9.17, 15) is 26.7 Å². The van der Waals surface area contributed by atoms with Gasteiger partial charge in [-0.25, -0.2) is 22.0 Å². The summed E-state index contributed by atoms with van der Waals surface area (Å²) in [5, 5.41) is 10.7. The van der Waals surface area contributed by atoms with Gasteiger partial charge in [0.05, 0.1) is 6.54 Å². The molecule has 0 unspecified atom stereocenters. The Morgan fingerprint density at radius 3 is 2.55 bits per heavy atom. The van der Waals surface area contributed by atoms with E-state index >= 15 is 0 Å². The zero-order valence-electron chi connectivity index (χ0n) is 17.2. The standard InChI is InChI=1S/C19H19F5N4O2.CH2O2/c20-12-6-14(22)13(21)4-10(12)3-11(25)5-16(29)28-8-19(23,24)7-15(28)18-26-17(27-30-18)9-1-2-9;2-1-3/h4,6,9,11,15H,1-3,5,7-8,25H2;1H,(H,2,3)/t11-,15+;/m1./s1. The van der Waals surface area contributed by atoms with E-state index in [1.807, 2.05) is 0 Å². The van der Waals surface area contributed by atoms with Gasteiger partial charge in [0, 0.05) is 30.9 Å². The van der Waals surface area contributed by atoms with E-state index in [0.29, 0.717) is 18.0 Å². The molecule has 0 spiro atoms. The largest absolute Gasteiger partial charge is 0.483 e. The first-order chi connectivity index (χ1) is 15.5. The van der Waals surface area contributed by atoms with Crippen LogP contribution in [0.5, 0.6) is 0 Å². The summed E-state index contributed by atoms with van der Waals surface area (Å²) in [5.74, 6) is -6.86. The Morgan fingerprint density at radius 1 is 1.27 bits per heavy atom. The number of aromatic nitrogens is 2. The average molecular weight is 476 g/mol. The van der Waals surface area contributed by atoms with Crippen molar-refractivity contribution in [3.8, 4) is 0 Å². The van der Waals surface area contributed by atoms with E-state index in [2.05, 4.69) is 10.1 Å². The fourth-order valence-electron chi connectivity index (χ4n) is 3.61. The number of hydrogen-bond acceptors (Lipinski definition) is 6. The highest BCUT2D eigenvalue weighted by molar-refractivity contribution is 5.77. The Bertz CT molecular complexity index is 1010. The number of nitrogens with two attached hydrogens (primary N) is 1. The van der Waals surface area contributed by atoms with Crippen LogP contribution in [0.2, 0.25) is 0 Å². The van der Waals surface area contributed by atoms with Crippen molar-refractivity contribution in [3.05, 3.63) is 46.9 Å². The lowest BCUT2D eigenvalue weighted by Gasteiger charge is -2.23. The van der Waals surface area contributed by atoms with Gasteiger partial charge in [0.1, 0.15) is 11.9 Å². The molecule has 1 aliphatic carbocycles. The first kappa shape index (κ1) is 24.6. The minimum atomic E-state index is -3.13. The van der Waals surface area contributed by atoms with E-state index in [1.165, 1.54) is 0 Å². The second kappa shape index (κ2) is 9.81. The van der Waals surface area contributed by atoms with Gasteiger partial charge < -0.3 is 20.3 Å². The van der Waals surface area contributed by atoms with E-state index < -0.39 is 60.8 Å². The molecule has 13 heteroatoms. The van der Waals surface area contributed by atoms with Gasteiger partial charge in [-0.15, -0.1) is 0 Å². The molecular formula is C20H21F5N4O4. The molecule has 0 radical (unpaired) electrons. The summed E-state index contributed by atoms with van der Waals surface area (Å²) in [6.07, 6.45) is 0.485. The van der Waals surface area contributed by atoms with Crippen molar-refractivity contribution in [2.45, 2.75) is 56.0 Å². The molecule has 1 aromatic heterocycles. The second-order valence-corrected chi connectivity index (χ2v) is 7.99. The van der Waals surface area contributed by atoms with Crippen LogP contribution in [0.1, 0.15) is 54.9 Å². The normalized spacial score (nSPS) is 20.2. The fraction of sp³-hybridized carbons (Fsp3) is 0.500. The highest BCUT2D eigenvalue weighted by Gasteiger charge is 2.50. The van der Waals surface area contributed by atoms with Crippen molar-refractivity contribution in [1.29, 1.82) is 0 Å². The molecule has 1 aliphatic heterocycles. The lowest BCUT2D eigenvalue weighted by molar-refractivity contribution is -0.134. The monoisotopic (exact) mass is 476 g/mol. The molecule has 2 fully saturated rings. The molecule has 3 N–H and O–H groups in total. The van der Waals surface area contributed by atoms with E-state index in [0.717, 1.165) is 17.7 Å². The molecule has 1 saturated carbocycles. The van der Waals surface area contributed by atoms with E-state index in [4.69, 9.17) is 20.2 Å². The number of nitrogens with zero attached hydrogens (tertiary/aromatic N) is 3. The van der Waals surface area contributed by atoms with Crippen LogP contribution in [0.15, 0.2) is 16.7 Å². The highest BCUT2D eigenvalue weighted by atomic mass is 19.3. The first-order valence-electron chi connectivity index (χ1n) is 10.0. The maximum absolute atomic E-state index is 14.0. The Balaban J connectivity index is 0.000000968. The van der Waals surface area contributed by atoms with Gasteiger partial charge in [-0.2, -0.15) is 4.98 Å². The molecule has 8 nitrogen and oxygen atoms in total. The average Bonchev–Trinajstić information content (AvgIpc) is 3.36. The molecule has 33 heavy (non-hydrogen) atoms. The fourth-order valence-corrected chi connectivity index (χ4v) is 3.61. The second-order valence-electron chi connectivity index (χ2n) is 7.99. The van der Waals surface area contributed by atoms with Crippen molar-refractivity contribution >= 4 is 12.4 Å². The van der Waals surface area contributed by atoms with Crippen molar-refractivity contribution in [1.82, 2.24) is 15.0 Å². The Morgan fingerprint density at radius 2 is 1.91 bits per heavy atom. The van der Waals surface area contributed by atoms with Gasteiger partial charge in [0.25, 0.3) is 12.4 Å². The van der Waals surface area contributed by atoms with Crippen LogP contribution in [-0.2, 0) is 16.0 Å². The number of alkyl halides is 2. The Kier molecular flexibility index (Phi) is 7.30. The topological polar surface area (TPSA) is 123 Å². The third kappa shape index (κ3) is 6.03. The lowest BCUT2D eigenvalue weighted by atomic mass is 10.0. The molecule has 180 valence electrons. The van der Waals surface area contributed by atoms with Gasteiger partial charge in [0.15, 0.2) is 17.5 Å². The van der Waals surface area contributed by atoms with Gasteiger partial charge in [-0.3, -0.25) is 9.59 Å². The van der Waals surface area contributed by atoms with E-state index in [-0.39, 0.29) is 30.3 Å². The third-order valence-electron chi connectivity index (χ3n) is 5.28. The number of benzene rings is 1. The maximum Gasteiger partial charge on any atom is 0.290 e. The van der Waals surface area contributed by atoms with Crippen LogP contribution in [-0.4, -0.2) is 51.0 Å². The summed E-state index contributed by atoms with van der Waals surface area (Å²) in [7, 11) is 0. The summed E-state index contributed by atoms with van der Waals surface area (Å²) in [6, 6.07) is -1.01. The molecule has 4 rings (SSSR count). The van der Waals surface area contributed by atoms with Gasteiger partial charge in [0.2, 0.25) is 11.8 Å². The molecule has 2 heterocycles. The van der Waals surface area contributed by atoms with E-state index in [1.54, 1.807) is 0 Å². The van der Waals surface area contributed by atoms with Crippen LogP contribution in [0.4, 0.5) is 22.0 Å². The van der Waals surface area contributed by atoms with Gasteiger partial charge >= 0.3 is 0 Å². The Hall–Kier alpha value is -3.09. The van der Waals surface area contributed by atoms with Crippen LogP contribution in [0, 0.1) is 17.5 Å². The summed E-state index contributed by atoms with van der Waals surface area (Å²) < 4.78 is 73.4. The molecule has 1 saturated heterocycles. The zero-order valence-corrected chi connectivity index (χ0v) is 17.2. The predicted octanol–water partition coefficient (Wildman–Crippen LogP) is 2.93. The smallest absolute Gasteiger partial charge is 0.290 e. The molecule has 2 aromatic rings. The summed E-state index contributed by atoms with van der Waals surface area (Å²) in [4.78, 5) is 26.1. The SMILES string of the molecule is N[C@@H](CC(=O)N1CC(F)(F)C[C@H]1c1nc(C2CC2)no1)Cc1cc(F)c(F)cc1F.O=CO. The molecule has 2 atom stereocenters. The third-order valence-corrected chi connectivity index (χ3v) is 5.28. The minimum Gasteiger partial charge on any atom is -0.483 e. The quantitative estimate of drug-likeness (QED) is 0.373. The highest BCUT2D eigenvalue weighted by Crippen LogP contribution is 2.43. The van der Waals surface area contributed by atoms with Crippen molar-refractivity contribution < 1.29 is 41.2 Å². The summed E-state index contributed by atoms with van der Waals surface area (Å²) in [6.45, 7) is -1.08. The number of rotatable bonds is 6. The number of carboxylic acid groups (broad SMARTS) is 1. The predicted molar refractivity (Wildman–Crippen MR) is 102 cm³/mol. The molecule has 2 aliphatic rings. The van der Waals surface area contributed by atoms with Crippen LogP contribution >= 0.6 is 0 Å². The number of amides is 1. The number of hydrogen-bond donors (Lipinski definition) is 2. The van der Waals surface area contributed by atoms with Gasteiger partial charge in [-0.05, 0) is 30.9 Å². The lowest BCUT2D eigenvalue weighted by Crippen LogP contribution is -2.38. The molecule has 1 amide bonds. The van der Waals surface area contributed by atoms with Crippen LogP contribution in [0.25, 0.3) is 0 Å². The molecule has 1 aromatic carbocycles. The minimum absolute atomic E-state index is 0.0531. The first-order valence-corrected chi connectivity index (χ1v) is 10.0. The molecule has 0 bridgehead atoms. The van der Waals surface area contributed by atoms with Crippen molar-refractivity contribution in [2.75, 3.05) is 6.54 Å². The summed E-state index contributed by atoms with van der Waals surface area (Å²) in [5.41, 5.74) is 5.66. The van der Waals surface area contributed by atoms with Crippen LogP contribution in [0.3, 0.4) is 0 Å². The Labute approximate surface area is 184 Å². The zero-order chi connectivity index (χ0) is 24.3. The summed E-state index contributed by atoms with van der Waals surface area (Å²) >= 11 is 0. The van der Waals surface area contributed by atoms with Crippen molar-refractivity contribution in [3.63, 3.8) is 0 Å². The number of carbonyl (C=O) groups is 2. The van der Waals surface area contributed by atoms with Crippen LogP contribution < -0.4 is 5.73 Å². The number of halogens is 5.